The molecule has 0 bridgehead atoms. The van der Waals surface area contributed by atoms with Gasteiger partial charge in [-0.3, -0.25) is 19.2 Å². The molecule has 0 aliphatic carbocycles. The molecule has 0 fully saturated rings. The van der Waals surface area contributed by atoms with Crippen LogP contribution in [0.5, 0.6) is 0 Å². The van der Waals surface area contributed by atoms with Gasteiger partial charge in [-0.25, -0.2) is 4.79 Å². The van der Waals surface area contributed by atoms with Crippen molar-refractivity contribution in [1.82, 2.24) is 5.32 Å². The Morgan fingerprint density at radius 3 is 1.73 bits per heavy atom. The molecule has 0 rings (SSSR count). The van der Waals surface area contributed by atoms with Gasteiger partial charge in [0.1, 0.15) is 26.4 Å². The summed E-state index contributed by atoms with van der Waals surface area (Å²) in [6.07, 6.45) is 2.06. The molecular formula is C23H39NO9. The summed E-state index contributed by atoms with van der Waals surface area (Å²) >= 11 is 0. The van der Waals surface area contributed by atoms with Crippen LogP contribution in [0.2, 0.25) is 0 Å². The molecule has 0 aromatic carbocycles. The van der Waals surface area contributed by atoms with Crippen LogP contribution < -0.4 is 5.32 Å². The Hall–Kier alpha value is -2.91. The lowest BCUT2D eigenvalue weighted by Crippen LogP contribution is -2.27. The van der Waals surface area contributed by atoms with Gasteiger partial charge in [0, 0.05) is 11.6 Å². The molecule has 0 aromatic rings. The number of hydrogen-bond acceptors (Lipinski definition) is 9. The summed E-state index contributed by atoms with van der Waals surface area (Å²) in [4.78, 5) is 55.4. The number of ether oxygens (including phenoxy) is 4. The summed E-state index contributed by atoms with van der Waals surface area (Å²) in [5.41, 5.74) is -0.324. The normalized spacial score (nSPS) is 11.1. The molecule has 0 aliphatic heterocycles. The van der Waals surface area contributed by atoms with E-state index >= 15 is 0 Å². The van der Waals surface area contributed by atoms with E-state index in [2.05, 4.69) is 11.9 Å². The van der Waals surface area contributed by atoms with E-state index in [9.17, 15) is 24.0 Å². The molecule has 0 radical (unpaired) electrons. The van der Waals surface area contributed by atoms with E-state index in [1.165, 1.54) is 6.92 Å². The molecule has 0 saturated carbocycles. The third-order valence-corrected chi connectivity index (χ3v) is 4.44. The monoisotopic (exact) mass is 473 g/mol. The Labute approximate surface area is 196 Å². The Kier molecular flexibility index (Phi) is 18.2. The summed E-state index contributed by atoms with van der Waals surface area (Å²) in [6.45, 7) is 14.0. The van der Waals surface area contributed by atoms with E-state index in [1.807, 2.05) is 20.8 Å². The highest BCUT2D eigenvalue weighted by Crippen LogP contribution is 2.21. The fraction of sp³-hybridized carbons (Fsp3) is 0.696. The topological polar surface area (TPSA) is 134 Å². The molecule has 190 valence electrons. The second kappa shape index (κ2) is 18.6. The van der Waals surface area contributed by atoms with Gasteiger partial charge in [-0.1, -0.05) is 20.4 Å². The zero-order valence-corrected chi connectivity index (χ0v) is 20.7. The van der Waals surface area contributed by atoms with Crippen molar-refractivity contribution in [2.75, 3.05) is 26.4 Å². The summed E-state index contributed by atoms with van der Waals surface area (Å²) in [5, 5.41) is 2.61. The lowest BCUT2D eigenvalue weighted by Gasteiger charge is -2.20. The molecule has 0 heterocycles. The second-order valence-electron chi connectivity index (χ2n) is 7.82. The number of rotatable bonds is 15. The smallest absolute Gasteiger partial charge is 0.333 e. The highest BCUT2D eigenvalue weighted by molar-refractivity contribution is 5.86. The van der Waals surface area contributed by atoms with Gasteiger partial charge in [0.15, 0.2) is 0 Å². The lowest BCUT2D eigenvalue weighted by molar-refractivity contribution is -0.159. The van der Waals surface area contributed by atoms with Crippen molar-refractivity contribution >= 4 is 30.3 Å². The Balaban J connectivity index is 0. The van der Waals surface area contributed by atoms with Crippen molar-refractivity contribution in [2.24, 2.45) is 5.41 Å². The standard InChI is InChI=1S/C18H28O8.C5H11NO/c1-6-18(4,5)17(22)26-12-10-24-15(20)8-7-14(19)23-9-11-25-16(21)13(2)3;1-3-5(2)6-4-7/h2,6-12H2,1,3-5H3;4-5H,3H2,1-2H3,(H,6,7). The van der Waals surface area contributed by atoms with Crippen molar-refractivity contribution in [3.05, 3.63) is 12.2 Å². The van der Waals surface area contributed by atoms with Gasteiger partial charge < -0.3 is 24.3 Å². The van der Waals surface area contributed by atoms with Crippen LogP contribution in [0.25, 0.3) is 0 Å². The maximum atomic E-state index is 11.7. The van der Waals surface area contributed by atoms with Gasteiger partial charge in [0.25, 0.3) is 0 Å². The predicted octanol–water partition coefficient (Wildman–Crippen LogP) is 2.48. The van der Waals surface area contributed by atoms with Crippen LogP contribution in [0.15, 0.2) is 12.2 Å². The van der Waals surface area contributed by atoms with Crippen LogP contribution in [0.4, 0.5) is 0 Å². The third-order valence-electron chi connectivity index (χ3n) is 4.44. The van der Waals surface area contributed by atoms with Gasteiger partial charge in [0.05, 0.1) is 18.3 Å². The Morgan fingerprint density at radius 2 is 1.36 bits per heavy atom. The average molecular weight is 474 g/mol. The SMILES string of the molecule is C=C(C)C(=O)OCCOC(=O)CCC(=O)OCCOC(=O)C(C)(C)CC.CCC(C)NC=O. The van der Waals surface area contributed by atoms with Gasteiger partial charge in [-0.05, 0) is 40.5 Å². The average Bonchev–Trinajstić information content (AvgIpc) is 2.78. The molecule has 1 amide bonds. The summed E-state index contributed by atoms with van der Waals surface area (Å²) in [5.74, 6) is -2.12. The largest absolute Gasteiger partial charge is 0.462 e. The van der Waals surface area contributed by atoms with Crippen molar-refractivity contribution in [3.63, 3.8) is 0 Å². The summed E-state index contributed by atoms with van der Waals surface area (Å²) in [6, 6.07) is 0.331. The second-order valence-corrected chi connectivity index (χ2v) is 7.82. The molecule has 33 heavy (non-hydrogen) atoms. The first-order chi connectivity index (χ1) is 15.4. The van der Waals surface area contributed by atoms with Crippen molar-refractivity contribution in [2.45, 2.75) is 73.3 Å². The zero-order valence-electron chi connectivity index (χ0n) is 20.7. The van der Waals surface area contributed by atoms with Crippen LogP contribution in [0, 0.1) is 5.41 Å². The third kappa shape index (κ3) is 18.4. The summed E-state index contributed by atoms with van der Waals surface area (Å²) < 4.78 is 19.4. The number of carbonyl (C=O) groups is 5. The van der Waals surface area contributed by atoms with Crippen molar-refractivity contribution < 1.29 is 42.9 Å². The van der Waals surface area contributed by atoms with Crippen LogP contribution in [-0.4, -0.2) is 62.8 Å². The lowest BCUT2D eigenvalue weighted by atomic mass is 9.91. The number of carbonyl (C=O) groups excluding carboxylic acids is 5. The van der Waals surface area contributed by atoms with Crippen LogP contribution in [0.1, 0.15) is 67.2 Å². The van der Waals surface area contributed by atoms with Gasteiger partial charge >= 0.3 is 23.9 Å². The quantitative estimate of drug-likeness (QED) is 0.125. The van der Waals surface area contributed by atoms with Crippen LogP contribution >= 0.6 is 0 Å². The molecular weight excluding hydrogens is 434 g/mol. The molecule has 1 N–H and O–H groups in total. The Bertz CT molecular complexity index is 644. The minimum atomic E-state index is -0.607. The molecule has 10 nitrogen and oxygen atoms in total. The predicted molar refractivity (Wildman–Crippen MR) is 121 cm³/mol. The maximum Gasteiger partial charge on any atom is 0.333 e. The molecule has 0 aromatic heterocycles. The highest BCUT2D eigenvalue weighted by atomic mass is 16.6. The van der Waals surface area contributed by atoms with E-state index in [0.29, 0.717) is 12.5 Å². The molecule has 0 saturated heterocycles. The molecule has 1 unspecified atom stereocenters. The van der Waals surface area contributed by atoms with Crippen molar-refractivity contribution in [3.8, 4) is 0 Å². The maximum absolute atomic E-state index is 11.7. The fourth-order valence-electron chi connectivity index (χ4n) is 1.63. The molecule has 10 heteroatoms. The van der Waals surface area contributed by atoms with Crippen molar-refractivity contribution in [1.29, 1.82) is 0 Å². The van der Waals surface area contributed by atoms with E-state index < -0.39 is 23.3 Å². The number of nitrogens with one attached hydrogen (secondary N) is 1. The minimum Gasteiger partial charge on any atom is -0.462 e. The molecule has 0 spiro atoms. The number of esters is 4. The number of amides is 1. The van der Waals surface area contributed by atoms with Gasteiger partial charge in [0.2, 0.25) is 6.41 Å². The first-order valence-corrected chi connectivity index (χ1v) is 10.9. The van der Waals surface area contributed by atoms with Crippen LogP contribution in [0.3, 0.4) is 0 Å². The van der Waals surface area contributed by atoms with E-state index in [1.54, 1.807) is 13.8 Å². The van der Waals surface area contributed by atoms with E-state index in [0.717, 1.165) is 12.8 Å². The number of hydrogen-bond donors (Lipinski definition) is 1. The fourth-order valence-corrected chi connectivity index (χ4v) is 1.63. The van der Waals surface area contributed by atoms with Gasteiger partial charge in [-0.15, -0.1) is 0 Å². The molecule has 1 atom stereocenters. The first-order valence-electron chi connectivity index (χ1n) is 10.9. The Morgan fingerprint density at radius 1 is 0.909 bits per heavy atom. The minimum absolute atomic E-state index is 0.0352. The zero-order chi connectivity index (χ0) is 25.9. The first kappa shape index (κ1) is 32.3. The summed E-state index contributed by atoms with van der Waals surface area (Å²) in [7, 11) is 0. The highest BCUT2D eigenvalue weighted by Gasteiger charge is 2.26. The molecule has 0 aliphatic rings. The van der Waals surface area contributed by atoms with E-state index in [-0.39, 0.29) is 50.8 Å². The van der Waals surface area contributed by atoms with Crippen LogP contribution in [-0.2, 0) is 42.9 Å². The van der Waals surface area contributed by atoms with E-state index in [4.69, 9.17) is 18.9 Å². The van der Waals surface area contributed by atoms with Gasteiger partial charge in [-0.2, -0.15) is 0 Å².